The Hall–Kier alpha value is 0.580. The van der Waals surface area contributed by atoms with Gasteiger partial charge in [0.2, 0.25) is 5.65 Å². The molecule has 0 radical (unpaired) electrons. The summed E-state index contributed by atoms with van der Waals surface area (Å²) in [6.07, 6.45) is 0. The summed E-state index contributed by atoms with van der Waals surface area (Å²) < 4.78 is 9.33. The summed E-state index contributed by atoms with van der Waals surface area (Å²) in [6.45, 7) is 0. The minimum atomic E-state index is -5.10. The van der Waals surface area contributed by atoms with Crippen LogP contribution in [0.3, 0.4) is 0 Å². The van der Waals surface area contributed by atoms with E-state index in [0.717, 1.165) is 0 Å². The van der Waals surface area contributed by atoms with Crippen molar-refractivity contribution in [3.63, 3.8) is 0 Å². The molecule has 0 fully saturated rings. The molecule has 0 heterocycles. The zero-order valence-corrected chi connectivity index (χ0v) is 8.05. The number of carbonyl (C=O) groups excluding carboxylic acids is 1. The smallest absolute Gasteiger partial charge is 0.804 e. The topological polar surface area (TPSA) is 143 Å². The van der Waals surface area contributed by atoms with Crippen molar-refractivity contribution in [1.29, 1.82) is 0 Å². The van der Waals surface area contributed by atoms with Gasteiger partial charge in [0.05, 0.1) is 0 Å². The average Bonchev–Trinajstić information content (AvgIpc) is 1.31. The van der Waals surface area contributed by atoms with Crippen LogP contribution < -0.4 is 51.2 Å². The molecule has 0 saturated heterocycles. The fourth-order valence-electron chi connectivity index (χ4n) is 0. The molecule has 0 aromatic heterocycles. The van der Waals surface area contributed by atoms with Crippen LogP contribution in [0.2, 0.25) is 0 Å². The maximum Gasteiger partial charge on any atom is 1.00 e. The number of hydrogen-bond donors (Lipinski definition) is 2. The SMILES string of the molecule is NC(=O)P(=O)([O-])[O-].[NH4+].[Na+]. The molecule has 0 spiro atoms. The first-order valence-electron chi connectivity index (χ1n) is 1.26. The van der Waals surface area contributed by atoms with Crippen LogP contribution in [0.5, 0.6) is 0 Å². The molecule has 0 aliphatic carbocycles. The van der Waals surface area contributed by atoms with Crippen molar-refractivity contribution in [2.45, 2.75) is 0 Å². The van der Waals surface area contributed by atoms with Crippen molar-refractivity contribution >= 4 is 13.2 Å². The quantitative estimate of drug-likeness (QED) is 0.296. The van der Waals surface area contributed by atoms with Crippen molar-refractivity contribution in [2.24, 2.45) is 5.73 Å². The normalized spacial score (nSPS) is 8.67. The summed E-state index contributed by atoms with van der Waals surface area (Å²) in [7, 11) is -5.10. The minimum Gasteiger partial charge on any atom is -0.804 e. The Balaban J connectivity index is -0.000000180. The zero-order chi connectivity index (χ0) is 6.08. The molecule has 0 aliphatic rings. The molecule has 0 atom stereocenters. The second kappa shape index (κ2) is 5.37. The van der Waals surface area contributed by atoms with Crippen LogP contribution in [0, 0.1) is 0 Å². The second-order valence-electron chi connectivity index (χ2n) is 0.836. The van der Waals surface area contributed by atoms with E-state index in [4.69, 9.17) is 0 Å². The van der Waals surface area contributed by atoms with Crippen LogP contribution >= 0.6 is 7.60 Å². The van der Waals surface area contributed by atoms with E-state index in [1.807, 2.05) is 0 Å². The van der Waals surface area contributed by atoms with Gasteiger partial charge >= 0.3 is 29.6 Å². The zero-order valence-electron chi connectivity index (χ0n) is 5.16. The van der Waals surface area contributed by atoms with Crippen LogP contribution in [0.1, 0.15) is 0 Å². The third-order valence-electron chi connectivity index (χ3n) is 0.270. The number of hydrogen-bond acceptors (Lipinski definition) is 4. The Morgan fingerprint density at radius 2 is 1.56 bits per heavy atom. The predicted octanol–water partition coefficient (Wildman–Crippen LogP) is -4.64. The first-order chi connectivity index (χ1) is 2.94. The molecule has 0 aliphatic heterocycles. The third-order valence-corrected chi connectivity index (χ3v) is 0.810. The van der Waals surface area contributed by atoms with E-state index in [2.05, 4.69) is 5.73 Å². The standard InChI is InChI=1S/CH4NO4P.H3N.Na/c2-1(3)7(4,5)6;;/h(H2,2,3)(H2,4,5,6);1H3;/q;;+1/p-1. The van der Waals surface area contributed by atoms with Gasteiger partial charge in [-0.25, -0.2) is 0 Å². The maximum atomic E-state index is 9.35. The van der Waals surface area contributed by atoms with Crippen molar-refractivity contribution in [2.75, 3.05) is 0 Å². The molecular weight excluding hydrogens is 158 g/mol. The number of rotatable bonds is 1. The summed E-state index contributed by atoms with van der Waals surface area (Å²) in [5.41, 5.74) is 2.23. The van der Waals surface area contributed by atoms with E-state index in [0.29, 0.717) is 0 Å². The Bertz CT molecular complexity index is 131. The van der Waals surface area contributed by atoms with Crippen molar-refractivity contribution in [3.05, 3.63) is 0 Å². The number of primary amides is 1. The van der Waals surface area contributed by atoms with E-state index >= 15 is 0 Å². The molecule has 0 rings (SSSR count). The molecule has 0 bridgehead atoms. The molecule has 6 nitrogen and oxygen atoms in total. The van der Waals surface area contributed by atoms with Gasteiger partial charge in [0.1, 0.15) is 0 Å². The van der Waals surface area contributed by atoms with Crippen LogP contribution in [0.15, 0.2) is 0 Å². The van der Waals surface area contributed by atoms with E-state index < -0.39 is 13.2 Å². The van der Waals surface area contributed by atoms with Gasteiger partial charge in [-0.2, -0.15) is 0 Å². The fourth-order valence-corrected chi connectivity index (χ4v) is 0. The van der Waals surface area contributed by atoms with E-state index in [-0.39, 0.29) is 35.7 Å². The summed E-state index contributed by atoms with van der Waals surface area (Å²) >= 11 is 0. The molecule has 6 N–H and O–H groups in total. The van der Waals surface area contributed by atoms with E-state index in [1.165, 1.54) is 0 Å². The molecule has 0 saturated carbocycles. The van der Waals surface area contributed by atoms with Gasteiger partial charge in [-0.05, 0) is 0 Å². The monoisotopic (exact) mass is 164 g/mol. The van der Waals surface area contributed by atoms with E-state index in [1.54, 1.807) is 0 Å². The molecule has 50 valence electrons. The number of nitrogens with two attached hydrogens (primary N) is 1. The van der Waals surface area contributed by atoms with Gasteiger partial charge in [0.15, 0.2) is 0 Å². The Labute approximate surface area is 73.8 Å². The van der Waals surface area contributed by atoms with Crippen LogP contribution in [0.25, 0.3) is 0 Å². The summed E-state index contributed by atoms with van der Waals surface area (Å²) in [5, 5.41) is 0. The molecule has 0 aromatic carbocycles. The van der Waals surface area contributed by atoms with Gasteiger partial charge < -0.3 is 26.2 Å². The summed E-state index contributed by atoms with van der Waals surface area (Å²) in [5.74, 6) is 0. The Morgan fingerprint density at radius 3 is 1.56 bits per heavy atom. The van der Waals surface area contributed by atoms with E-state index in [9.17, 15) is 19.1 Å². The van der Waals surface area contributed by atoms with Crippen molar-refractivity contribution < 1.29 is 48.7 Å². The minimum absolute atomic E-state index is 0. The third kappa shape index (κ3) is 8.58. The Kier molecular flexibility index (Phi) is 9.72. The molecule has 0 aromatic rings. The predicted molar refractivity (Wildman–Crippen MR) is 23.2 cm³/mol. The van der Waals surface area contributed by atoms with Gasteiger partial charge in [-0.1, -0.05) is 0 Å². The van der Waals surface area contributed by atoms with Crippen LogP contribution in [-0.4, -0.2) is 5.65 Å². The van der Waals surface area contributed by atoms with Gasteiger partial charge in [0, 0.05) is 7.60 Å². The first kappa shape index (κ1) is 16.3. The second-order valence-corrected chi connectivity index (χ2v) is 2.27. The molecule has 1 amide bonds. The molecular formula is CH6N2NaO4P. The number of quaternary nitrogens is 1. The van der Waals surface area contributed by atoms with Gasteiger partial charge in [-0.3, -0.25) is 4.79 Å². The molecule has 8 heteroatoms. The number of amides is 1. The fraction of sp³-hybridized carbons (Fsp3) is 0. The summed E-state index contributed by atoms with van der Waals surface area (Å²) in [6, 6.07) is 0. The van der Waals surface area contributed by atoms with Crippen LogP contribution in [-0.2, 0) is 4.57 Å². The van der Waals surface area contributed by atoms with Crippen molar-refractivity contribution in [1.82, 2.24) is 6.15 Å². The van der Waals surface area contributed by atoms with Gasteiger partial charge in [0.25, 0.3) is 0 Å². The Morgan fingerprint density at radius 1 is 1.44 bits per heavy atom. The maximum absolute atomic E-state index is 9.35. The average molecular weight is 164 g/mol. The number of carbonyl (C=O) groups is 1. The summed E-state index contributed by atoms with van der Waals surface area (Å²) in [4.78, 5) is 28.0. The molecule has 0 unspecified atom stereocenters. The first-order valence-corrected chi connectivity index (χ1v) is 2.81. The van der Waals surface area contributed by atoms with Gasteiger partial charge in [-0.15, -0.1) is 0 Å². The van der Waals surface area contributed by atoms with Crippen LogP contribution in [0.4, 0.5) is 4.79 Å². The largest absolute Gasteiger partial charge is 1.00 e. The molecule has 9 heavy (non-hydrogen) atoms. The van der Waals surface area contributed by atoms with Crippen molar-refractivity contribution in [3.8, 4) is 0 Å².